The number of nitrogens with one attached hydrogen (secondary N) is 1. The number of oxime groups is 1. The lowest BCUT2D eigenvalue weighted by molar-refractivity contribution is -0.895. The maximum absolute atomic E-state index is 10.6. The molecule has 1 aromatic carbocycles. The average molecular weight is 264 g/mol. The molecular weight excluding hydrogens is 246 g/mol. The first-order valence-electron chi connectivity index (χ1n) is 6.50. The summed E-state index contributed by atoms with van der Waals surface area (Å²) in [6, 6.07) is 6.14. The Morgan fingerprint density at radius 2 is 1.89 bits per heavy atom. The molecule has 0 aliphatic carbocycles. The van der Waals surface area contributed by atoms with Gasteiger partial charge in [-0.25, -0.2) is 0 Å². The molecule has 0 bridgehead atoms. The highest BCUT2D eigenvalue weighted by atomic mass is 16.6. The zero-order valence-electron chi connectivity index (χ0n) is 10.7. The van der Waals surface area contributed by atoms with E-state index in [0.717, 1.165) is 18.7 Å². The second-order valence-corrected chi connectivity index (χ2v) is 4.84. The number of benzene rings is 1. The van der Waals surface area contributed by atoms with E-state index in [1.54, 1.807) is 12.1 Å². The minimum absolute atomic E-state index is 0.0476. The fourth-order valence-corrected chi connectivity index (χ4v) is 2.44. The van der Waals surface area contributed by atoms with E-state index < -0.39 is 4.92 Å². The highest BCUT2D eigenvalue weighted by Crippen LogP contribution is 2.12. The van der Waals surface area contributed by atoms with Crippen LogP contribution >= 0.6 is 0 Å². The highest BCUT2D eigenvalue weighted by molar-refractivity contribution is 6.01. The number of nitrogens with zero attached hydrogens (tertiary/aromatic N) is 2. The molecule has 0 amide bonds. The van der Waals surface area contributed by atoms with Crippen molar-refractivity contribution in [3.8, 4) is 0 Å². The molecule has 19 heavy (non-hydrogen) atoms. The van der Waals surface area contributed by atoms with Gasteiger partial charge in [-0.3, -0.25) is 10.1 Å². The number of hydrogen-bond donors (Lipinski definition) is 2. The van der Waals surface area contributed by atoms with Gasteiger partial charge in [0.05, 0.1) is 18.0 Å². The van der Waals surface area contributed by atoms with Crippen molar-refractivity contribution in [1.82, 2.24) is 0 Å². The van der Waals surface area contributed by atoms with Gasteiger partial charge >= 0.3 is 0 Å². The molecule has 0 spiro atoms. The Morgan fingerprint density at radius 1 is 1.26 bits per heavy atom. The fourth-order valence-electron chi connectivity index (χ4n) is 2.44. The van der Waals surface area contributed by atoms with Crippen molar-refractivity contribution in [2.45, 2.75) is 19.3 Å². The van der Waals surface area contributed by atoms with E-state index in [1.807, 2.05) is 0 Å². The molecule has 1 heterocycles. The summed E-state index contributed by atoms with van der Waals surface area (Å²) >= 11 is 0. The van der Waals surface area contributed by atoms with Crippen LogP contribution in [0, 0.1) is 10.1 Å². The fraction of sp³-hybridized carbons (Fsp3) is 0.462. The Kier molecular flexibility index (Phi) is 4.46. The number of rotatable bonds is 4. The van der Waals surface area contributed by atoms with Gasteiger partial charge in [-0.05, 0) is 31.4 Å². The number of non-ortho nitro benzene ring substituents is 1. The Labute approximate surface area is 111 Å². The lowest BCUT2D eigenvalue weighted by atomic mass is 10.1. The summed E-state index contributed by atoms with van der Waals surface area (Å²) in [7, 11) is 0. The standard InChI is InChI=1S/C13H17N3O3/c17-14-13(10-15-8-2-1-3-9-15)11-4-6-12(7-5-11)16(18)19/h4-7,17H,1-3,8-10H2/p+1/b14-13-. The minimum atomic E-state index is -0.435. The molecule has 1 aromatic rings. The van der Waals surface area contributed by atoms with Crippen LogP contribution < -0.4 is 4.90 Å². The number of quaternary nitrogens is 1. The molecule has 1 aliphatic rings. The zero-order chi connectivity index (χ0) is 13.7. The minimum Gasteiger partial charge on any atom is -0.410 e. The van der Waals surface area contributed by atoms with E-state index >= 15 is 0 Å². The molecule has 0 saturated carbocycles. The van der Waals surface area contributed by atoms with Crippen molar-refractivity contribution >= 4 is 11.4 Å². The van der Waals surface area contributed by atoms with Crippen molar-refractivity contribution in [3.63, 3.8) is 0 Å². The van der Waals surface area contributed by atoms with Crippen LogP contribution in [0.4, 0.5) is 5.69 Å². The number of likely N-dealkylation sites (tertiary alicyclic amines) is 1. The molecule has 0 unspecified atom stereocenters. The first-order valence-corrected chi connectivity index (χ1v) is 6.50. The van der Waals surface area contributed by atoms with Crippen molar-refractivity contribution in [3.05, 3.63) is 39.9 Å². The van der Waals surface area contributed by atoms with E-state index in [9.17, 15) is 10.1 Å². The zero-order valence-corrected chi connectivity index (χ0v) is 10.7. The van der Waals surface area contributed by atoms with Gasteiger partial charge in [-0.15, -0.1) is 0 Å². The second-order valence-electron chi connectivity index (χ2n) is 4.84. The molecule has 1 aliphatic heterocycles. The summed E-state index contributed by atoms with van der Waals surface area (Å²) in [4.78, 5) is 11.6. The molecule has 102 valence electrons. The highest BCUT2D eigenvalue weighted by Gasteiger charge is 2.18. The second kappa shape index (κ2) is 6.29. The van der Waals surface area contributed by atoms with Gasteiger partial charge in [0.15, 0.2) is 0 Å². The van der Waals surface area contributed by atoms with Crippen molar-refractivity contribution in [2.75, 3.05) is 19.6 Å². The van der Waals surface area contributed by atoms with Gasteiger partial charge in [0.2, 0.25) is 0 Å². The van der Waals surface area contributed by atoms with E-state index in [4.69, 9.17) is 5.21 Å². The van der Waals surface area contributed by atoms with Crippen LogP contribution in [0.15, 0.2) is 29.4 Å². The number of hydrogen-bond acceptors (Lipinski definition) is 4. The third-order valence-corrected chi connectivity index (χ3v) is 3.51. The summed E-state index contributed by atoms with van der Waals surface area (Å²) in [6.45, 7) is 2.84. The first kappa shape index (κ1) is 13.5. The lowest BCUT2D eigenvalue weighted by Gasteiger charge is -2.23. The maximum atomic E-state index is 10.6. The Morgan fingerprint density at radius 3 is 2.42 bits per heavy atom. The molecule has 0 atom stereocenters. The largest absolute Gasteiger partial charge is 0.410 e. The molecule has 6 nitrogen and oxygen atoms in total. The van der Waals surface area contributed by atoms with Crippen molar-refractivity contribution in [2.24, 2.45) is 5.16 Å². The maximum Gasteiger partial charge on any atom is 0.269 e. The van der Waals surface area contributed by atoms with Crippen LogP contribution in [0.1, 0.15) is 24.8 Å². The Bertz CT molecular complexity index is 465. The quantitative estimate of drug-likeness (QED) is 0.366. The Balaban J connectivity index is 2.06. The van der Waals surface area contributed by atoms with Gasteiger partial charge in [-0.1, -0.05) is 5.16 Å². The van der Waals surface area contributed by atoms with Crippen molar-refractivity contribution in [1.29, 1.82) is 0 Å². The SMILES string of the molecule is O=[N+]([O-])c1ccc(/C(C[NH+]2CCCCC2)=N\O)cc1. The normalized spacial score (nSPS) is 17.4. The summed E-state index contributed by atoms with van der Waals surface area (Å²) < 4.78 is 0. The number of piperidine rings is 1. The molecule has 1 saturated heterocycles. The van der Waals surface area contributed by atoms with E-state index in [2.05, 4.69) is 5.16 Å². The number of nitro benzene ring substituents is 1. The molecule has 0 radical (unpaired) electrons. The average Bonchev–Trinajstić information content (AvgIpc) is 2.46. The van der Waals surface area contributed by atoms with E-state index in [1.165, 1.54) is 36.3 Å². The van der Waals surface area contributed by atoms with Gasteiger partial charge in [-0.2, -0.15) is 0 Å². The van der Waals surface area contributed by atoms with Gasteiger partial charge in [0, 0.05) is 17.7 Å². The van der Waals surface area contributed by atoms with Crippen LogP contribution in [-0.2, 0) is 0 Å². The lowest BCUT2D eigenvalue weighted by Crippen LogP contribution is -3.13. The van der Waals surface area contributed by atoms with Gasteiger partial charge < -0.3 is 10.1 Å². The molecule has 2 rings (SSSR count). The predicted octanol–water partition coefficient (Wildman–Crippen LogP) is 0.842. The summed E-state index contributed by atoms with van der Waals surface area (Å²) in [6.07, 6.45) is 3.68. The third-order valence-electron chi connectivity index (χ3n) is 3.51. The summed E-state index contributed by atoms with van der Waals surface area (Å²) in [5, 5.41) is 23.1. The molecular formula is C13H18N3O3+. The summed E-state index contributed by atoms with van der Waals surface area (Å²) in [5.74, 6) is 0. The van der Waals surface area contributed by atoms with E-state index in [-0.39, 0.29) is 5.69 Å². The van der Waals surface area contributed by atoms with Gasteiger partial charge in [0.25, 0.3) is 5.69 Å². The molecule has 0 aromatic heterocycles. The van der Waals surface area contributed by atoms with E-state index in [0.29, 0.717) is 12.3 Å². The molecule has 1 fully saturated rings. The topological polar surface area (TPSA) is 80.2 Å². The molecule has 6 heteroatoms. The Hall–Kier alpha value is -1.95. The van der Waals surface area contributed by atoms with Crippen molar-refractivity contribution < 1.29 is 15.0 Å². The van der Waals surface area contributed by atoms with Crippen LogP contribution in [-0.4, -0.2) is 35.5 Å². The molecule has 2 N–H and O–H groups in total. The predicted molar refractivity (Wildman–Crippen MR) is 70.8 cm³/mol. The first-order chi connectivity index (χ1) is 9.20. The van der Waals surface area contributed by atoms with Crippen LogP contribution in [0.5, 0.6) is 0 Å². The summed E-state index contributed by atoms with van der Waals surface area (Å²) in [5.41, 5.74) is 1.38. The smallest absolute Gasteiger partial charge is 0.269 e. The monoisotopic (exact) mass is 264 g/mol. The van der Waals surface area contributed by atoms with Crippen LogP contribution in [0.2, 0.25) is 0 Å². The van der Waals surface area contributed by atoms with Gasteiger partial charge in [0.1, 0.15) is 12.3 Å². The van der Waals surface area contributed by atoms with Crippen LogP contribution in [0.25, 0.3) is 0 Å². The number of nitro groups is 1. The third kappa shape index (κ3) is 3.51. The van der Waals surface area contributed by atoms with Crippen LogP contribution in [0.3, 0.4) is 0 Å².